The zero-order valence-corrected chi connectivity index (χ0v) is 23.7. The molecule has 0 unspecified atom stereocenters. The minimum absolute atomic E-state index is 0.0733. The average Bonchev–Trinajstić information content (AvgIpc) is 2.88. The van der Waals surface area contributed by atoms with Crippen LogP contribution in [0.5, 0.6) is 0 Å². The van der Waals surface area contributed by atoms with Crippen LogP contribution < -0.4 is 0 Å². The fourth-order valence-electron chi connectivity index (χ4n) is 2.52. The summed E-state index contributed by atoms with van der Waals surface area (Å²) in [5, 5.41) is 16.5. The largest absolute Gasteiger partial charge is 0.478 e. The molecule has 0 saturated heterocycles. The molecule has 0 aliphatic rings. The van der Waals surface area contributed by atoms with Crippen LogP contribution in [0.25, 0.3) is 0 Å². The number of rotatable bonds is 18. The Bertz CT molecular complexity index is 751. The summed E-state index contributed by atoms with van der Waals surface area (Å²) in [6.07, 6.45) is 14.8. The summed E-state index contributed by atoms with van der Waals surface area (Å²) in [5.41, 5.74) is 0.848. The van der Waals surface area contributed by atoms with Crippen molar-refractivity contribution in [2.45, 2.75) is 85.0 Å². The molecule has 0 amide bonds. The van der Waals surface area contributed by atoms with Gasteiger partial charge in [0.05, 0.1) is 25.9 Å². The van der Waals surface area contributed by atoms with Gasteiger partial charge < -0.3 is 24.4 Å². The minimum Gasteiger partial charge on any atom is -0.478 e. The third kappa shape index (κ3) is 30.8. The van der Waals surface area contributed by atoms with Crippen molar-refractivity contribution in [1.82, 2.24) is 0 Å². The molecule has 38 heavy (non-hydrogen) atoms. The van der Waals surface area contributed by atoms with Gasteiger partial charge in [0.15, 0.2) is 0 Å². The van der Waals surface area contributed by atoms with E-state index in [1.54, 1.807) is 13.8 Å². The first kappa shape index (κ1) is 39.3. The van der Waals surface area contributed by atoms with Gasteiger partial charge in [-0.1, -0.05) is 84.4 Å². The van der Waals surface area contributed by atoms with Crippen molar-refractivity contribution in [3.63, 3.8) is 0 Å². The Balaban J connectivity index is -0.000000533. The normalized spacial score (nSPS) is 9.71. The van der Waals surface area contributed by atoms with E-state index >= 15 is 0 Å². The lowest BCUT2D eigenvalue weighted by Crippen LogP contribution is -2.09. The summed E-state index contributed by atoms with van der Waals surface area (Å²) < 4.78 is 13.8. The van der Waals surface area contributed by atoms with E-state index in [4.69, 9.17) is 14.9 Å². The van der Waals surface area contributed by atoms with E-state index in [2.05, 4.69) is 36.1 Å². The first-order valence-electron chi connectivity index (χ1n) is 12.9. The molecule has 0 radical (unpaired) electrons. The molecule has 0 aromatic heterocycles. The van der Waals surface area contributed by atoms with E-state index in [0.29, 0.717) is 17.8 Å². The zero-order chi connectivity index (χ0) is 29.8. The summed E-state index contributed by atoms with van der Waals surface area (Å²) in [6.45, 7) is 15.9. The Hall–Kier alpha value is -3.20. The molecule has 0 aromatic rings. The van der Waals surface area contributed by atoms with Gasteiger partial charge in [-0.2, -0.15) is 0 Å². The highest BCUT2D eigenvalue weighted by Crippen LogP contribution is 2.10. The molecular weight excluding hydrogens is 492 g/mol. The van der Waals surface area contributed by atoms with Gasteiger partial charge in [0, 0.05) is 17.2 Å². The van der Waals surface area contributed by atoms with E-state index in [0.717, 1.165) is 18.6 Å². The third-order valence-corrected chi connectivity index (χ3v) is 4.63. The number of unbranched alkanes of at least 4 members (excludes halogenated alkanes) is 9. The number of hydrogen-bond acceptors (Lipinski definition) is 8. The van der Waals surface area contributed by atoms with Gasteiger partial charge in [0.25, 0.3) is 0 Å². The van der Waals surface area contributed by atoms with Crippen LogP contribution in [0.15, 0.2) is 48.6 Å². The molecular formula is C29H48O9. The van der Waals surface area contributed by atoms with Gasteiger partial charge in [0.1, 0.15) is 6.61 Å². The predicted molar refractivity (Wildman–Crippen MR) is 148 cm³/mol. The lowest BCUT2D eigenvalue weighted by molar-refractivity contribution is -0.140. The van der Waals surface area contributed by atoms with Crippen molar-refractivity contribution in [2.75, 3.05) is 26.9 Å². The van der Waals surface area contributed by atoms with Crippen molar-refractivity contribution >= 4 is 23.9 Å². The summed E-state index contributed by atoms with van der Waals surface area (Å²) in [7, 11) is 1.33. The molecule has 0 aliphatic carbocycles. The highest BCUT2D eigenvalue weighted by molar-refractivity contribution is 5.93. The average molecular weight is 541 g/mol. The molecule has 0 fully saturated rings. The molecule has 0 bridgehead atoms. The van der Waals surface area contributed by atoms with Crippen LogP contribution in [-0.2, 0) is 33.4 Å². The Kier molecular flexibility index (Phi) is 29.4. The maximum absolute atomic E-state index is 11.1. The number of carbonyl (C=O) groups excluding carboxylic acids is 3. The number of hydrogen-bond donors (Lipinski definition) is 2. The topological polar surface area (TPSA) is 136 Å². The number of aliphatic hydroxyl groups is 1. The second kappa shape index (κ2) is 28.4. The Labute approximate surface area is 228 Å². The molecule has 9 heteroatoms. The van der Waals surface area contributed by atoms with Gasteiger partial charge in [0.2, 0.25) is 0 Å². The van der Waals surface area contributed by atoms with Crippen LogP contribution in [0.3, 0.4) is 0 Å². The highest BCUT2D eigenvalue weighted by atomic mass is 16.5. The second-order valence-corrected chi connectivity index (χ2v) is 8.43. The third-order valence-electron chi connectivity index (χ3n) is 4.63. The fourth-order valence-corrected chi connectivity index (χ4v) is 2.52. The van der Waals surface area contributed by atoms with Crippen LogP contribution >= 0.6 is 0 Å². The first-order chi connectivity index (χ1) is 17.9. The number of ether oxygens (including phenoxy) is 3. The molecule has 0 spiro atoms. The maximum Gasteiger partial charge on any atom is 0.337 e. The first-order valence-corrected chi connectivity index (χ1v) is 12.9. The van der Waals surface area contributed by atoms with Crippen LogP contribution in [0.1, 0.15) is 85.0 Å². The van der Waals surface area contributed by atoms with Crippen molar-refractivity contribution in [3.8, 4) is 0 Å². The smallest absolute Gasteiger partial charge is 0.337 e. The summed E-state index contributed by atoms with van der Waals surface area (Å²) >= 11 is 0. The zero-order valence-electron chi connectivity index (χ0n) is 23.7. The lowest BCUT2D eigenvalue weighted by atomic mass is 10.1. The fraction of sp³-hybridized carbons (Fsp3) is 0.586. The molecule has 0 saturated carbocycles. The van der Waals surface area contributed by atoms with Crippen molar-refractivity contribution < 1.29 is 43.6 Å². The van der Waals surface area contributed by atoms with E-state index in [9.17, 15) is 19.2 Å². The van der Waals surface area contributed by atoms with Crippen molar-refractivity contribution in [1.29, 1.82) is 0 Å². The number of carboxylic acid groups (broad SMARTS) is 1. The molecule has 0 heterocycles. The van der Waals surface area contributed by atoms with Gasteiger partial charge in [-0.05, 0) is 26.3 Å². The Morgan fingerprint density at radius 1 is 0.684 bits per heavy atom. The molecule has 0 atom stereocenters. The van der Waals surface area contributed by atoms with Gasteiger partial charge in [-0.25, -0.2) is 19.2 Å². The molecule has 218 valence electrons. The van der Waals surface area contributed by atoms with Crippen LogP contribution in [0.2, 0.25) is 0 Å². The number of methoxy groups -OCH3 is 1. The van der Waals surface area contributed by atoms with Crippen molar-refractivity contribution in [2.24, 2.45) is 0 Å². The summed E-state index contributed by atoms with van der Waals surface area (Å²) in [5.74, 6) is -2.52. The monoisotopic (exact) mass is 540 g/mol. The number of carboxylic acids is 1. The summed E-state index contributed by atoms with van der Waals surface area (Å²) in [6, 6.07) is 0. The second-order valence-electron chi connectivity index (χ2n) is 8.43. The van der Waals surface area contributed by atoms with Gasteiger partial charge in [-0.3, -0.25) is 0 Å². The Morgan fingerprint density at radius 2 is 1.13 bits per heavy atom. The van der Waals surface area contributed by atoms with Gasteiger partial charge in [-0.15, -0.1) is 0 Å². The van der Waals surface area contributed by atoms with Crippen LogP contribution in [-0.4, -0.2) is 61.0 Å². The number of aliphatic carboxylic acids is 1. The number of esters is 3. The van der Waals surface area contributed by atoms with E-state index in [1.807, 2.05) is 0 Å². The number of carbonyl (C=O) groups is 4. The molecule has 2 N–H and O–H groups in total. The highest BCUT2D eigenvalue weighted by Gasteiger charge is 2.04. The SMILES string of the molecule is C=C(C)C(=O)OC.C=C(C)C(=O)OCCCCCCCCCCCC.C=C(C=CC(=O)O)C(=O)OCCO. The Morgan fingerprint density at radius 3 is 1.50 bits per heavy atom. The molecule has 0 aromatic carbocycles. The maximum atomic E-state index is 11.1. The quantitative estimate of drug-likeness (QED) is 0.0761. The lowest BCUT2D eigenvalue weighted by Gasteiger charge is -2.04. The van der Waals surface area contributed by atoms with Crippen molar-refractivity contribution in [3.05, 3.63) is 48.6 Å². The number of aliphatic hydroxyl groups excluding tert-OH is 1. The minimum atomic E-state index is -1.17. The van der Waals surface area contributed by atoms with E-state index in [1.165, 1.54) is 64.9 Å². The van der Waals surface area contributed by atoms with Crippen LogP contribution in [0, 0.1) is 0 Å². The molecule has 0 rings (SSSR count). The summed E-state index contributed by atoms with van der Waals surface area (Å²) in [4.78, 5) is 42.1. The standard InChI is InChI=1S/C16H30O2.C8H10O5.C5H8O2/c1-4-5-6-7-8-9-10-11-12-13-14-18-16(17)15(2)3;1-6(2-3-7(10)11)8(12)13-5-4-9;1-4(2)5(6)7-3/h2,4-14H2,1,3H3;2-3,9H,1,4-5H2,(H,10,11);1H2,2-3H3. The van der Waals surface area contributed by atoms with Crippen LogP contribution in [0.4, 0.5) is 0 Å². The molecule has 0 aliphatic heterocycles. The predicted octanol–water partition coefficient (Wildman–Crippen LogP) is 5.48. The van der Waals surface area contributed by atoms with Gasteiger partial charge >= 0.3 is 23.9 Å². The molecule has 9 nitrogen and oxygen atoms in total. The van der Waals surface area contributed by atoms with E-state index < -0.39 is 11.9 Å². The van der Waals surface area contributed by atoms with E-state index in [-0.39, 0.29) is 30.7 Å².